The van der Waals surface area contributed by atoms with E-state index in [4.69, 9.17) is 0 Å². The van der Waals surface area contributed by atoms with Crippen molar-refractivity contribution in [2.45, 2.75) is 25.3 Å². The fraction of sp³-hybridized carbons (Fsp3) is 0.688. The van der Waals surface area contributed by atoms with Crippen LogP contribution in [-0.2, 0) is 0 Å². The maximum atomic E-state index is 14.2. The molecule has 0 aliphatic carbocycles. The summed E-state index contributed by atoms with van der Waals surface area (Å²) in [5, 5.41) is 0. The summed E-state index contributed by atoms with van der Waals surface area (Å²) in [6, 6.07) is 1.73. The molecule has 21 heavy (non-hydrogen) atoms. The number of hydrogen-bond acceptors (Lipinski definition) is 4. The minimum Gasteiger partial charge on any atom is -0.354 e. The summed E-state index contributed by atoms with van der Waals surface area (Å²) in [6.45, 7) is 6.93. The Bertz CT molecular complexity index is 511. The van der Waals surface area contributed by atoms with Crippen LogP contribution < -0.4 is 4.90 Å². The van der Waals surface area contributed by atoms with Crippen LogP contribution in [0.15, 0.2) is 12.3 Å². The normalized spacial score (nSPS) is 23.7. The van der Waals surface area contributed by atoms with Crippen molar-refractivity contribution in [3.8, 4) is 0 Å². The number of piperidine rings is 1. The van der Waals surface area contributed by atoms with Crippen LogP contribution >= 0.6 is 0 Å². The lowest BCUT2D eigenvalue weighted by atomic mass is 9.84. The summed E-state index contributed by atoms with van der Waals surface area (Å²) in [4.78, 5) is 11.3. The maximum Gasteiger partial charge on any atom is 0.168 e. The van der Waals surface area contributed by atoms with Gasteiger partial charge in [-0.05, 0) is 45.5 Å². The van der Waals surface area contributed by atoms with Gasteiger partial charge in [0.2, 0.25) is 0 Å². The molecular formula is C16H25FN4. The SMILES string of the molecule is Cc1ccnc(N2CCC3(CC2)CN(C)CCN3C)c1F. The Morgan fingerprint density at radius 3 is 2.57 bits per heavy atom. The Morgan fingerprint density at radius 1 is 1.14 bits per heavy atom. The van der Waals surface area contributed by atoms with Gasteiger partial charge >= 0.3 is 0 Å². The molecule has 116 valence electrons. The standard InChI is InChI=1S/C16H25FN4/c1-13-4-7-18-15(14(13)17)21-8-5-16(6-9-21)12-19(2)10-11-20(16)3/h4,7H,5-6,8-12H2,1-3H3. The first kappa shape index (κ1) is 14.7. The minimum atomic E-state index is -0.164. The molecule has 0 aromatic carbocycles. The number of aromatic nitrogens is 1. The maximum absolute atomic E-state index is 14.2. The highest BCUT2D eigenvalue weighted by atomic mass is 19.1. The first-order valence-corrected chi connectivity index (χ1v) is 7.78. The van der Waals surface area contributed by atoms with Crippen LogP contribution in [0.4, 0.5) is 10.2 Å². The van der Waals surface area contributed by atoms with E-state index < -0.39 is 0 Å². The van der Waals surface area contributed by atoms with Gasteiger partial charge in [-0.2, -0.15) is 0 Å². The van der Waals surface area contributed by atoms with Gasteiger partial charge in [-0.3, -0.25) is 4.90 Å². The molecule has 0 atom stereocenters. The number of rotatable bonds is 1. The molecule has 0 amide bonds. The molecule has 2 fully saturated rings. The van der Waals surface area contributed by atoms with Crippen LogP contribution in [0, 0.1) is 12.7 Å². The zero-order valence-corrected chi connectivity index (χ0v) is 13.3. The second-order valence-electron chi connectivity index (χ2n) is 6.64. The van der Waals surface area contributed by atoms with Gasteiger partial charge in [0.05, 0.1) is 0 Å². The van der Waals surface area contributed by atoms with E-state index in [1.54, 1.807) is 19.2 Å². The first-order valence-electron chi connectivity index (χ1n) is 7.78. The molecule has 1 spiro atoms. The Hall–Kier alpha value is -1.20. The number of nitrogens with zero attached hydrogens (tertiary/aromatic N) is 4. The van der Waals surface area contributed by atoms with Gasteiger partial charge in [0.15, 0.2) is 11.6 Å². The van der Waals surface area contributed by atoms with E-state index in [0.717, 1.165) is 45.6 Å². The lowest BCUT2D eigenvalue weighted by Gasteiger charge is -2.52. The molecule has 2 saturated heterocycles. The van der Waals surface area contributed by atoms with Crippen LogP contribution in [0.2, 0.25) is 0 Å². The van der Waals surface area contributed by atoms with Crippen molar-refractivity contribution in [1.29, 1.82) is 0 Å². The second-order valence-corrected chi connectivity index (χ2v) is 6.64. The van der Waals surface area contributed by atoms with Crippen molar-refractivity contribution in [2.24, 2.45) is 0 Å². The molecule has 2 aliphatic heterocycles. The number of anilines is 1. The molecule has 2 aliphatic rings. The zero-order chi connectivity index (χ0) is 15.0. The smallest absolute Gasteiger partial charge is 0.168 e. The van der Waals surface area contributed by atoms with Crippen LogP contribution in [-0.4, -0.2) is 67.1 Å². The molecule has 1 aromatic heterocycles. The molecule has 0 radical (unpaired) electrons. The Kier molecular flexibility index (Phi) is 3.88. The number of hydrogen-bond donors (Lipinski definition) is 0. The van der Waals surface area contributed by atoms with E-state index in [1.165, 1.54) is 0 Å². The van der Waals surface area contributed by atoms with Crippen LogP contribution in [0.5, 0.6) is 0 Å². The Labute approximate surface area is 126 Å². The van der Waals surface area contributed by atoms with E-state index in [0.29, 0.717) is 11.4 Å². The third-order valence-electron chi connectivity index (χ3n) is 5.25. The van der Waals surface area contributed by atoms with Crippen molar-refractivity contribution in [3.63, 3.8) is 0 Å². The average Bonchev–Trinajstić information content (AvgIpc) is 2.47. The van der Waals surface area contributed by atoms with Gasteiger partial charge in [-0.15, -0.1) is 0 Å². The third-order valence-corrected chi connectivity index (χ3v) is 5.25. The zero-order valence-electron chi connectivity index (χ0n) is 13.3. The predicted octanol–water partition coefficient (Wildman–Crippen LogP) is 1.75. The summed E-state index contributed by atoms with van der Waals surface area (Å²) in [5.41, 5.74) is 0.930. The van der Waals surface area contributed by atoms with Crippen LogP contribution in [0.1, 0.15) is 18.4 Å². The largest absolute Gasteiger partial charge is 0.354 e. The summed E-state index contributed by atoms with van der Waals surface area (Å²) in [7, 11) is 4.43. The van der Waals surface area contributed by atoms with E-state index in [9.17, 15) is 4.39 Å². The third kappa shape index (κ3) is 2.64. The fourth-order valence-electron chi connectivity index (χ4n) is 3.68. The minimum absolute atomic E-state index is 0.164. The van der Waals surface area contributed by atoms with E-state index in [1.807, 2.05) is 0 Å². The number of halogens is 1. The predicted molar refractivity (Wildman–Crippen MR) is 83.2 cm³/mol. The number of piperazine rings is 1. The monoisotopic (exact) mass is 292 g/mol. The van der Waals surface area contributed by atoms with Gasteiger partial charge in [-0.1, -0.05) is 0 Å². The highest BCUT2D eigenvalue weighted by molar-refractivity contribution is 5.43. The summed E-state index contributed by atoms with van der Waals surface area (Å²) < 4.78 is 14.2. The molecule has 0 bridgehead atoms. The van der Waals surface area contributed by atoms with Gasteiger partial charge in [0.1, 0.15) is 0 Å². The first-order chi connectivity index (χ1) is 10.0. The number of likely N-dealkylation sites (N-methyl/N-ethyl adjacent to an activating group) is 2. The van der Waals surface area contributed by atoms with Crippen LogP contribution in [0.3, 0.4) is 0 Å². The number of pyridine rings is 1. The van der Waals surface area contributed by atoms with E-state index in [-0.39, 0.29) is 11.4 Å². The summed E-state index contributed by atoms with van der Waals surface area (Å²) in [5.74, 6) is 0.360. The van der Waals surface area contributed by atoms with Gasteiger partial charge in [-0.25, -0.2) is 9.37 Å². The molecule has 4 nitrogen and oxygen atoms in total. The molecule has 0 saturated carbocycles. The topological polar surface area (TPSA) is 22.6 Å². The Morgan fingerprint density at radius 2 is 1.86 bits per heavy atom. The van der Waals surface area contributed by atoms with E-state index >= 15 is 0 Å². The summed E-state index contributed by atoms with van der Waals surface area (Å²) in [6.07, 6.45) is 3.85. The van der Waals surface area contributed by atoms with Gasteiger partial charge in [0, 0.05) is 44.5 Å². The van der Waals surface area contributed by atoms with Crippen LogP contribution in [0.25, 0.3) is 0 Å². The van der Waals surface area contributed by atoms with Crippen molar-refractivity contribution in [2.75, 3.05) is 51.7 Å². The molecule has 0 N–H and O–H groups in total. The fourth-order valence-corrected chi connectivity index (χ4v) is 3.68. The van der Waals surface area contributed by atoms with Crippen molar-refractivity contribution < 1.29 is 4.39 Å². The molecule has 3 rings (SSSR count). The lowest BCUT2D eigenvalue weighted by Crippen LogP contribution is -2.63. The molecule has 0 unspecified atom stereocenters. The van der Waals surface area contributed by atoms with Crippen molar-refractivity contribution in [3.05, 3.63) is 23.6 Å². The highest BCUT2D eigenvalue weighted by Gasteiger charge is 2.41. The van der Waals surface area contributed by atoms with E-state index in [2.05, 4.69) is 33.8 Å². The quantitative estimate of drug-likeness (QED) is 0.786. The molecule has 3 heterocycles. The molecule has 5 heteroatoms. The van der Waals surface area contributed by atoms with Gasteiger partial charge < -0.3 is 9.80 Å². The lowest BCUT2D eigenvalue weighted by molar-refractivity contribution is 0.00929. The highest BCUT2D eigenvalue weighted by Crippen LogP contribution is 2.33. The molecular weight excluding hydrogens is 267 g/mol. The van der Waals surface area contributed by atoms with Gasteiger partial charge in [0.25, 0.3) is 0 Å². The Balaban J connectivity index is 1.74. The average molecular weight is 292 g/mol. The summed E-state index contributed by atoms with van der Waals surface area (Å²) >= 11 is 0. The van der Waals surface area contributed by atoms with Crippen molar-refractivity contribution in [1.82, 2.24) is 14.8 Å². The second kappa shape index (κ2) is 5.54. The van der Waals surface area contributed by atoms with Crippen molar-refractivity contribution >= 4 is 5.82 Å². The molecule has 1 aromatic rings. The number of aryl methyl sites for hydroxylation is 1.